The molecule has 1 fully saturated rings. The number of hydrogen-bond acceptors (Lipinski definition) is 7. The number of hydrogen-bond donors (Lipinski definition) is 0. The molecule has 1 aliphatic heterocycles. The molecule has 1 saturated heterocycles. The van der Waals surface area contributed by atoms with Crippen LogP contribution in [0, 0.1) is 11.3 Å². The van der Waals surface area contributed by atoms with E-state index in [4.69, 9.17) is 9.26 Å². The van der Waals surface area contributed by atoms with Crippen LogP contribution in [0.4, 0.5) is 0 Å². The average molecular weight is 486 g/mol. The molecule has 3 aromatic rings. The number of benzene rings is 2. The van der Waals surface area contributed by atoms with Crippen molar-refractivity contribution in [3.63, 3.8) is 0 Å². The van der Waals surface area contributed by atoms with Crippen molar-refractivity contribution in [2.75, 3.05) is 33.7 Å². The fourth-order valence-electron chi connectivity index (χ4n) is 5.40. The number of nitrogens with zero attached hydrogens (tertiary/aromatic N) is 5. The van der Waals surface area contributed by atoms with Gasteiger partial charge in [0.05, 0.1) is 11.7 Å². The topological polar surface area (TPSA) is 95.5 Å². The molecule has 2 aliphatic rings. The monoisotopic (exact) mass is 485 g/mol. The Balaban J connectivity index is 1.43. The van der Waals surface area contributed by atoms with E-state index in [9.17, 15) is 10.1 Å². The maximum absolute atomic E-state index is 12.8. The number of ether oxygens (including phenoxy) is 1. The molecule has 36 heavy (non-hydrogen) atoms. The molecular formula is C28H31N5O3. The summed E-state index contributed by atoms with van der Waals surface area (Å²) in [6, 6.07) is 13.7. The van der Waals surface area contributed by atoms with Gasteiger partial charge in [-0.1, -0.05) is 23.4 Å². The van der Waals surface area contributed by atoms with Crippen LogP contribution in [-0.2, 0) is 16.6 Å². The Kier molecular flexibility index (Phi) is 6.27. The highest BCUT2D eigenvalue weighted by atomic mass is 16.5. The Bertz CT molecular complexity index is 1340. The summed E-state index contributed by atoms with van der Waals surface area (Å²) in [6.45, 7) is 6.21. The van der Waals surface area contributed by atoms with Gasteiger partial charge < -0.3 is 19.1 Å². The van der Waals surface area contributed by atoms with Crippen LogP contribution in [0.1, 0.15) is 43.4 Å². The molecule has 1 unspecified atom stereocenters. The van der Waals surface area contributed by atoms with Gasteiger partial charge in [0.2, 0.25) is 11.7 Å². The number of likely N-dealkylation sites (tertiary alicyclic amines) is 1. The van der Waals surface area contributed by atoms with Gasteiger partial charge in [-0.05, 0) is 70.1 Å². The van der Waals surface area contributed by atoms with E-state index in [-0.39, 0.29) is 17.4 Å². The van der Waals surface area contributed by atoms with E-state index >= 15 is 0 Å². The minimum absolute atomic E-state index is 0.0309. The third-order valence-electron chi connectivity index (χ3n) is 7.13. The molecule has 1 amide bonds. The third kappa shape index (κ3) is 4.35. The Labute approximate surface area is 211 Å². The molecule has 1 atom stereocenters. The van der Waals surface area contributed by atoms with Crippen LogP contribution < -0.4 is 4.74 Å². The number of rotatable bonds is 7. The summed E-state index contributed by atoms with van der Waals surface area (Å²) in [5.41, 5.74) is 4.32. The van der Waals surface area contributed by atoms with Crippen molar-refractivity contribution in [1.29, 1.82) is 5.26 Å². The molecule has 0 N–H and O–H groups in total. The molecule has 1 spiro atoms. The lowest BCUT2D eigenvalue weighted by molar-refractivity contribution is -0.127. The maximum atomic E-state index is 12.8. The molecular weight excluding hydrogens is 454 g/mol. The van der Waals surface area contributed by atoms with Gasteiger partial charge in [0.1, 0.15) is 11.8 Å². The minimum Gasteiger partial charge on any atom is -0.490 e. The van der Waals surface area contributed by atoms with Gasteiger partial charge in [-0.2, -0.15) is 10.2 Å². The predicted octanol–water partition coefficient (Wildman–Crippen LogP) is 4.04. The summed E-state index contributed by atoms with van der Waals surface area (Å²) >= 11 is 0. The number of fused-ring (bicyclic) bond motifs is 2. The highest BCUT2D eigenvalue weighted by Gasteiger charge is 2.48. The number of likely N-dealkylation sites (N-methyl/N-ethyl adjacent to an activating group) is 1. The van der Waals surface area contributed by atoms with E-state index in [0.29, 0.717) is 35.0 Å². The van der Waals surface area contributed by atoms with Crippen LogP contribution in [0.25, 0.3) is 22.8 Å². The number of carbonyl (C=O) groups is 1. The summed E-state index contributed by atoms with van der Waals surface area (Å²) in [5, 5.41) is 13.8. The summed E-state index contributed by atoms with van der Waals surface area (Å²) < 4.78 is 11.3. The first-order chi connectivity index (χ1) is 17.3. The molecule has 8 heteroatoms. The lowest BCUT2D eigenvalue weighted by Gasteiger charge is -2.25. The van der Waals surface area contributed by atoms with Crippen molar-refractivity contribution in [2.45, 2.75) is 44.6 Å². The van der Waals surface area contributed by atoms with Crippen molar-refractivity contribution < 1.29 is 14.1 Å². The van der Waals surface area contributed by atoms with Crippen LogP contribution in [-0.4, -0.2) is 65.7 Å². The molecule has 2 aromatic carbocycles. The molecule has 186 valence electrons. The average Bonchev–Trinajstić information content (AvgIpc) is 3.55. The van der Waals surface area contributed by atoms with Gasteiger partial charge in [0.15, 0.2) is 0 Å². The van der Waals surface area contributed by atoms with E-state index in [0.717, 1.165) is 38.0 Å². The molecule has 0 radical (unpaired) electrons. The standard InChI is InChI=1S/C28H31N5O3/c1-18(2)35-24-9-8-19(14-20(24)16-29)27-30-26(31-36-27)22-6-5-7-23-21(22)10-11-28(23)15-25(34)33(17-28)13-12-32(3)4/h5-9,14,18H,10-13,15,17H2,1-4H3. The zero-order valence-electron chi connectivity index (χ0n) is 21.2. The first-order valence-corrected chi connectivity index (χ1v) is 12.4. The van der Waals surface area contributed by atoms with Crippen molar-refractivity contribution in [3.05, 3.63) is 53.1 Å². The number of carbonyl (C=O) groups excluding carboxylic acids is 1. The van der Waals surface area contributed by atoms with Crippen LogP contribution in [0.2, 0.25) is 0 Å². The van der Waals surface area contributed by atoms with E-state index in [1.165, 1.54) is 11.1 Å². The molecule has 1 aliphatic carbocycles. The second kappa shape index (κ2) is 9.40. The van der Waals surface area contributed by atoms with Gasteiger partial charge in [0.25, 0.3) is 5.89 Å². The first-order valence-electron chi connectivity index (χ1n) is 12.4. The Morgan fingerprint density at radius 3 is 2.86 bits per heavy atom. The zero-order valence-corrected chi connectivity index (χ0v) is 21.2. The SMILES string of the molecule is CC(C)Oc1ccc(-c2nc(-c3cccc4c3CCC43CC(=O)N(CCN(C)C)C3)no2)cc1C#N. The van der Waals surface area contributed by atoms with Crippen molar-refractivity contribution in [1.82, 2.24) is 19.9 Å². The zero-order chi connectivity index (χ0) is 25.4. The lowest BCUT2D eigenvalue weighted by Crippen LogP contribution is -2.35. The second-order valence-electron chi connectivity index (χ2n) is 10.3. The van der Waals surface area contributed by atoms with E-state index in [2.05, 4.69) is 27.2 Å². The van der Waals surface area contributed by atoms with Crippen LogP contribution in [0.15, 0.2) is 40.9 Å². The summed E-state index contributed by atoms with van der Waals surface area (Å²) in [7, 11) is 4.06. The number of nitriles is 1. The van der Waals surface area contributed by atoms with Gasteiger partial charge >= 0.3 is 0 Å². The van der Waals surface area contributed by atoms with Crippen molar-refractivity contribution in [3.8, 4) is 34.7 Å². The summed E-state index contributed by atoms with van der Waals surface area (Å²) in [6.07, 6.45) is 2.34. The molecule has 2 heterocycles. The van der Waals surface area contributed by atoms with Gasteiger partial charge in [-0.25, -0.2) is 0 Å². The summed E-state index contributed by atoms with van der Waals surface area (Å²) in [5.74, 6) is 1.64. The van der Waals surface area contributed by atoms with Gasteiger partial charge in [-0.15, -0.1) is 0 Å². The van der Waals surface area contributed by atoms with E-state index < -0.39 is 0 Å². The summed E-state index contributed by atoms with van der Waals surface area (Å²) in [4.78, 5) is 21.6. The fraction of sp³-hybridized carbons (Fsp3) is 0.429. The lowest BCUT2D eigenvalue weighted by atomic mass is 9.80. The molecule has 1 aromatic heterocycles. The highest BCUT2D eigenvalue weighted by molar-refractivity contribution is 5.82. The minimum atomic E-state index is -0.144. The normalized spacial score (nSPS) is 18.9. The van der Waals surface area contributed by atoms with Gasteiger partial charge in [0, 0.05) is 42.6 Å². The van der Waals surface area contributed by atoms with Crippen molar-refractivity contribution in [2.24, 2.45) is 0 Å². The Morgan fingerprint density at radius 2 is 2.11 bits per heavy atom. The van der Waals surface area contributed by atoms with Crippen LogP contribution in [0.3, 0.4) is 0 Å². The second-order valence-corrected chi connectivity index (χ2v) is 10.3. The quantitative estimate of drug-likeness (QED) is 0.498. The van der Waals surface area contributed by atoms with Crippen molar-refractivity contribution >= 4 is 5.91 Å². The third-order valence-corrected chi connectivity index (χ3v) is 7.13. The molecule has 5 rings (SSSR count). The van der Waals surface area contributed by atoms with Crippen LogP contribution >= 0.6 is 0 Å². The molecule has 0 saturated carbocycles. The Hall–Kier alpha value is -3.70. The molecule has 8 nitrogen and oxygen atoms in total. The number of amides is 1. The maximum Gasteiger partial charge on any atom is 0.258 e. The highest BCUT2D eigenvalue weighted by Crippen LogP contribution is 2.48. The molecule has 0 bridgehead atoms. The largest absolute Gasteiger partial charge is 0.490 e. The van der Waals surface area contributed by atoms with E-state index in [1.807, 2.05) is 51.0 Å². The fourth-order valence-corrected chi connectivity index (χ4v) is 5.40. The predicted molar refractivity (Wildman–Crippen MR) is 135 cm³/mol. The number of aromatic nitrogens is 2. The van der Waals surface area contributed by atoms with Gasteiger partial charge in [-0.3, -0.25) is 4.79 Å². The smallest absolute Gasteiger partial charge is 0.258 e. The first kappa shape index (κ1) is 24.0. The Morgan fingerprint density at radius 1 is 1.28 bits per heavy atom. The van der Waals surface area contributed by atoms with Crippen LogP contribution in [0.5, 0.6) is 5.75 Å². The van der Waals surface area contributed by atoms with E-state index in [1.54, 1.807) is 12.1 Å².